The molecule has 1 saturated carbocycles. The summed E-state index contributed by atoms with van der Waals surface area (Å²) in [6, 6.07) is 4.51. The van der Waals surface area contributed by atoms with E-state index >= 15 is 0 Å². The van der Waals surface area contributed by atoms with Crippen molar-refractivity contribution in [2.24, 2.45) is 0 Å². The van der Waals surface area contributed by atoms with Gasteiger partial charge in [0, 0.05) is 6.04 Å². The van der Waals surface area contributed by atoms with Crippen LogP contribution in [0.25, 0.3) is 0 Å². The topological polar surface area (TPSA) is 34.1 Å². The minimum Gasteiger partial charge on any atom is -0.489 e. The van der Waals surface area contributed by atoms with Gasteiger partial charge in [0.1, 0.15) is 5.75 Å². The summed E-state index contributed by atoms with van der Waals surface area (Å²) in [5, 5.41) is 3.45. The molecule has 0 amide bonds. The molecule has 1 aromatic rings. The molecule has 1 N–H and O–H groups in total. The molecule has 106 valence electrons. The third kappa shape index (κ3) is 4.20. The van der Waals surface area contributed by atoms with Crippen molar-refractivity contribution in [1.82, 2.24) is 10.3 Å². The van der Waals surface area contributed by atoms with Crippen molar-refractivity contribution < 1.29 is 4.74 Å². The SMILES string of the molecule is CCNC(CC)c1ccc(OC2CCCCC2)cn1. The number of rotatable bonds is 6. The lowest BCUT2D eigenvalue weighted by molar-refractivity contribution is 0.154. The van der Waals surface area contributed by atoms with Crippen LogP contribution in [0.4, 0.5) is 0 Å². The maximum absolute atomic E-state index is 6.00. The third-order valence-corrected chi connectivity index (χ3v) is 3.83. The van der Waals surface area contributed by atoms with E-state index < -0.39 is 0 Å². The molecule has 3 heteroatoms. The Kier molecular flexibility index (Phi) is 5.64. The molecule has 1 unspecified atom stereocenters. The number of hydrogen-bond donors (Lipinski definition) is 1. The highest BCUT2D eigenvalue weighted by molar-refractivity contribution is 5.22. The van der Waals surface area contributed by atoms with E-state index in [0.29, 0.717) is 12.1 Å². The molecule has 1 aromatic heterocycles. The van der Waals surface area contributed by atoms with Crippen molar-refractivity contribution >= 4 is 0 Å². The first-order valence-electron chi connectivity index (χ1n) is 7.69. The standard InChI is InChI=1S/C16H26N2O/c1-3-15(17-4-2)16-11-10-14(12-18-16)19-13-8-6-5-7-9-13/h10-13,15,17H,3-9H2,1-2H3. The van der Waals surface area contributed by atoms with Crippen LogP contribution in [0.1, 0.15) is 64.1 Å². The zero-order valence-electron chi connectivity index (χ0n) is 12.2. The highest BCUT2D eigenvalue weighted by atomic mass is 16.5. The molecular weight excluding hydrogens is 236 g/mol. The van der Waals surface area contributed by atoms with Crippen LogP contribution >= 0.6 is 0 Å². The van der Waals surface area contributed by atoms with Crippen LogP contribution in [0.2, 0.25) is 0 Å². The van der Waals surface area contributed by atoms with Gasteiger partial charge in [0.15, 0.2) is 0 Å². The largest absolute Gasteiger partial charge is 0.489 e. The summed E-state index contributed by atoms with van der Waals surface area (Å²) in [4.78, 5) is 4.55. The molecule has 0 saturated heterocycles. The molecule has 1 heterocycles. The summed E-state index contributed by atoms with van der Waals surface area (Å²) in [6.45, 7) is 5.28. The number of nitrogens with one attached hydrogen (secondary N) is 1. The highest BCUT2D eigenvalue weighted by Gasteiger charge is 2.15. The lowest BCUT2D eigenvalue weighted by atomic mass is 9.98. The van der Waals surface area contributed by atoms with Crippen LogP contribution < -0.4 is 10.1 Å². The Morgan fingerprint density at radius 3 is 2.63 bits per heavy atom. The minimum absolute atomic E-state index is 0.355. The minimum atomic E-state index is 0.355. The molecule has 0 spiro atoms. The third-order valence-electron chi connectivity index (χ3n) is 3.83. The van der Waals surface area contributed by atoms with Crippen LogP contribution in [0.5, 0.6) is 5.75 Å². The zero-order chi connectivity index (χ0) is 13.5. The van der Waals surface area contributed by atoms with Crippen molar-refractivity contribution in [3.05, 3.63) is 24.0 Å². The quantitative estimate of drug-likeness (QED) is 0.845. The summed E-state index contributed by atoms with van der Waals surface area (Å²) >= 11 is 0. The number of pyridine rings is 1. The Balaban J connectivity index is 1.93. The fraction of sp³-hybridized carbons (Fsp3) is 0.688. The Morgan fingerprint density at radius 2 is 2.05 bits per heavy atom. The second kappa shape index (κ2) is 7.49. The van der Waals surface area contributed by atoms with Gasteiger partial charge >= 0.3 is 0 Å². The normalized spacial score (nSPS) is 18.2. The first-order chi connectivity index (χ1) is 9.33. The fourth-order valence-corrected chi connectivity index (χ4v) is 2.75. The van der Waals surface area contributed by atoms with Crippen LogP contribution in [0, 0.1) is 0 Å². The van der Waals surface area contributed by atoms with Gasteiger partial charge in [-0.1, -0.05) is 20.3 Å². The van der Waals surface area contributed by atoms with E-state index in [4.69, 9.17) is 4.74 Å². The molecular formula is C16H26N2O. The molecule has 0 radical (unpaired) electrons. The van der Waals surface area contributed by atoms with E-state index in [2.05, 4.69) is 36.3 Å². The van der Waals surface area contributed by atoms with Gasteiger partial charge in [-0.25, -0.2) is 0 Å². The average molecular weight is 262 g/mol. The van der Waals surface area contributed by atoms with Gasteiger partial charge in [0.2, 0.25) is 0 Å². The van der Waals surface area contributed by atoms with E-state index in [1.807, 2.05) is 6.20 Å². The molecule has 1 atom stereocenters. The summed E-state index contributed by atoms with van der Waals surface area (Å²) in [5.74, 6) is 0.919. The van der Waals surface area contributed by atoms with Gasteiger partial charge in [0.05, 0.1) is 18.0 Å². The maximum Gasteiger partial charge on any atom is 0.138 e. The Bertz CT molecular complexity index is 358. The van der Waals surface area contributed by atoms with E-state index in [0.717, 1.165) is 24.4 Å². The van der Waals surface area contributed by atoms with Crippen molar-refractivity contribution in [2.45, 2.75) is 64.5 Å². The van der Waals surface area contributed by atoms with Crippen LogP contribution in [-0.4, -0.2) is 17.6 Å². The molecule has 1 aliphatic rings. The molecule has 1 aliphatic carbocycles. The number of aromatic nitrogens is 1. The zero-order valence-corrected chi connectivity index (χ0v) is 12.2. The van der Waals surface area contributed by atoms with Gasteiger partial charge in [-0.3, -0.25) is 4.98 Å². The molecule has 0 aromatic carbocycles. The van der Waals surface area contributed by atoms with Crippen molar-refractivity contribution in [3.63, 3.8) is 0 Å². The number of nitrogens with zero attached hydrogens (tertiary/aromatic N) is 1. The summed E-state index contributed by atoms with van der Waals surface area (Å²) in [6.07, 6.45) is 9.68. The van der Waals surface area contributed by atoms with Gasteiger partial charge in [-0.05, 0) is 50.8 Å². The van der Waals surface area contributed by atoms with Crippen LogP contribution in [-0.2, 0) is 0 Å². The predicted octanol–water partition coefficient (Wildman–Crippen LogP) is 3.85. The molecule has 1 fully saturated rings. The average Bonchev–Trinajstić information content (AvgIpc) is 2.47. The smallest absolute Gasteiger partial charge is 0.138 e. The maximum atomic E-state index is 6.00. The first kappa shape index (κ1) is 14.3. The van der Waals surface area contributed by atoms with E-state index in [9.17, 15) is 0 Å². The summed E-state index contributed by atoms with van der Waals surface area (Å²) < 4.78 is 6.00. The predicted molar refractivity (Wildman–Crippen MR) is 78.4 cm³/mol. The second-order valence-electron chi connectivity index (χ2n) is 5.32. The highest BCUT2D eigenvalue weighted by Crippen LogP contribution is 2.24. The summed E-state index contributed by atoms with van der Waals surface area (Å²) in [5.41, 5.74) is 1.11. The molecule has 0 aliphatic heterocycles. The molecule has 3 nitrogen and oxygen atoms in total. The van der Waals surface area contributed by atoms with E-state index in [-0.39, 0.29) is 0 Å². The summed E-state index contributed by atoms with van der Waals surface area (Å²) in [7, 11) is 0. The van der Waals surface area contributed by atoms with Crippen molar-refractivity contribution in [1.29, 1.82) is 0 Å². The Labute approximate surface area is 116 Å². The lowest BCUT2D eigenvalue weighted by Gasteiger charge is -2.23. The monoisotopic (exact) mass is 262 g/mol. The second-order valence-corrected chi connectivity index (χ2v) is 5.32. The van der Waals surface area contributed by atoms with Crippen molar-refractivity contribution in [3.8, 4) is 5.75 Å². The molecule has 2 rings (SSSR count). The Morgan fingerprint density at radius 1 is 1.26 bits per heavy atom. The van der Waals surface area contributed by atoms with Gasteiger partial charge in [-0.2, -0.15) is 0 Å². The van der Waals surface area contributed by atoms with E-state index in [1.54, 1.807) is 0 Å². The first-order valence-corrected chi connectivity index (χ1v) is 7.69. The van der Waals surface area contributed by atoms with E-state index in [1.165, 1.54) is 32.1 Å². The van der Waals surface area contributed by atoms with Crippen LogP contribution in [0.3, 0.4) is 0 Å². The lowest BCUT2D eigenvalue weighted by Crippen LogP contribution is -2.21. The van der Waals surface area contributed by atoms with Crippen molar-refractivity contribution in [2.75, 3.05) is 6.54 Å². The number of ether oxygens (including phenoxy) is 1. The van der Waals surface area contributed by atoms with Crippen LogP contribution in [0.15, 0.2) is 18.3 Å². The van der Waals surface area contributed by atoms with Gasteiger partial charge < -0.3 is 10.1 Å². The fourth-order valence-electron chi connectivity index (χ4n) is 2.75. The molecule has 0 bridgehead atoms. The van der Waals surface area contributed by atoms with Gasteiger partial charge in [0.25, 0.3) is 0 Å². The molecule has 19 heavy (non-hydrogen) atoms. The number of hydrogen-bond acceptors (Lipinski definition) is 3. The van der Waals surface area contributed by atoms with Gasteiger partial charge in [-0.15, -0.1) is 0 Å². The Hall–Kier alpha value is -1.09.